The molecule has 0 fully saturated rings. The molecular formula is C11H16F3N3O. The Morgan fingerprint density at radius 1 is 1.50 bits per heavy atom. The Hall–Kier alpha value is -1.37. The molecule has 18 heavy (non-hydrogen) atoms. The summed E-state index contributed by atoms with van der Waals surface area (Å²) < 4.78 is 39.2. The highest BCUT2D eigenvalue weighted by Crippen LogP contribution is 2.29. The first-order valence-corrected chi connectivity index (χ1v) is 5.48. The van der Waals surface area contributed by atoms with Crippen LogP contribution in [-0.2, 0) is 11.2 Å². The average molecular weight is 263 g/mol. The largest absolute Gasteiger partial charge is 0.413 e. The Kier molecular flexibility index (Phi) is 3.85. The second kappa shape index (κ2) is 4.72. The molecule has 102 valence electrons. The average Bonchev–Trinajstić information content (AvgIpc) is 2.64. The van der Waals surface area contributed by atoms with Crippen molar-refractivity contribution in [1.29, 1.82) is 0 Å². The number of ketones is 1. The van der Waals surface area contributed by atoms with Crippen LogP contribution in [0.4, 0.5) is 13.2 Å². The van der Waals surface area contributed by atoms with E-state index in [0.717, 1.165) is 0 Å². The fourth-order valence-corrected chi connectivity index (χ4v) is 1.27. The predicted molar refractivity (Wildman–Crippen MR) is 60.0 cm³/mol. The molecule has 1 atom stereocenters. The Bertz CT molecular complexity index is 435. The third-order valence-corrected chi connectivity index (χ3v) is 2.70. The summed E-state index contributed by atoms with van der Waals surface area (Å²) >= 11 is 0. The summed E-state index contributed by atoms with van der Waals surface area (Å²) in [4.78, 5) is 11.6. The van der Waals surface area contributed by atoms with Crippen LogP contribution in [0.1, 0.15) is 32.5 Å². The smallest absolute Gasteiger partial charge is 0.312 e. The Labute approximate surface area is 103 Å². The number of hydrogen-bond donors (Lipinski definition) is 1. The van der Waals surface area contributed by atoms with Crippen molar-refractivity contribution in [3.05, 3.63) is 18.0 Å². The summed E-state index contributed by atoms with van der Waals surface area (Å²) in [6, 6.07) is 1.60. The molecule has 0 spiro atoms. The van der Waals surface area contributed by atoms with Crippen LogP contribution in [0, 0.1) is 0 Å². The first kappa shape index (κ1) is 14.7. The van der Waals surface area contributed by atoms with Crippen LogP contribution in [0.3, 0.4) is 0 Å². The van der Waals surface area contributed by atoms with Crippen molar-refractivity contribution >= 4 is 5.78 Å². The maximum atomic E-state index is 12.5. The summed E-state index contributed by atoms with van der Waals surface area (Å²) in [6.45, 7) is 4.43. The van der Waals surface area contributed by atoms with Crippen molar-refractivity contribution in [2.75, 3.05) is 0 Å². The van der Waals surface area contributed by atoms with Gasteiger partial charge in [0.15, 0.2) is 11.3 Å². The molecule has 0 aliphatic rings. The fourth-order valence-electron chi connectivity index (χ4n) is 1.27. The van der Waals surface area contributed by atoms with E-state index in [9.17, 15) is 18.0 Å². The molecule has 0 aliphatic carbocycles. The summed E-state index contributed by atoms with van der Waals surface area (Å²) in [5.74, 6) is -1.09. The summed E-state index contributed by atoms with van der Waals surface area (Å²) in [5, 5.41) is 4.02. The molecule has 1 rings (SSSR count). The molecule has 0 saturated heterocycles. The SMILES string of the molecule is CC(C)n1ccc(CC(=O)C(C)(N)C(F)(F)F)n1. The molecule has 0 aromatic carbocycles. The lowest BCUT2D eigenvalue weighted by Crippen LogP contribution is -2.57. The second-order valence-electron chi connectivity index (χ2n) is 4.68. The molecule has 7 heteroatoms. The minimum Gasteiger partial charge on any atom is -0.312 e. The highest BCUT2D eigenvalue weighted by Gasteiger charge is 2.53. The molecular weight excluding hydrogens is 247 g/mol. The number of halogens is 3. The molecule has 0 aliphatic heterocycles. The van der Waals surface area contributed by atoms with Gasteiger partial charge < -0.3 is 5.73 Å². The van der Waals surface area contributed by atoms with E-state index in [-0.39, 0.29) is 11.7 Å². The number of rotatable bonds is 4. The minimum atomic E-state index is -4.76. The fraction of sp³-hybridized carbons (Fsp3) is 0.636. The van der Waals surface area contributed by atoms with Gasteiger partial charge in [-0.1, -0.05) is 0 Å². The van der Waals surface area contributed by atoms with Crippen molar-refractivity contribution in [3.8, 4) is 0 Å². The molecule has 1 aromatic rings. The molecule has 0 saturated carbocycles. The van der Waals surface area contributed by atoms with Crippen LogP contribution >= 0.6 is 0 Å². The van der Waals surface area contributed by atoms with Gasteiger partial charge in [0.25, 0.3) is 0 Å². The molecule has 0 bridgehead atoms. The quantitative estimate of drug-likeness (QED) is 0.901. The van der Waals surface area contributed by atoms with Gasteiger partial charge in [-0.05, 0) is 26.8 Å². The highest BCUT2D eigenvalue weighted by molar-refractivity contribution is 5.90. The van der Waals surface area contributed by atoms with E-state index in [1.165, 1.54) is 6.07 Å². The van der Waals surface area contributed by atoms with Gasteiger partial charge in [0.1, 0.15) is 0 Å². The van der Waals surface area contributed by atoms with Gasteiger partial charge >= 0.3 is 6.18 Å². The zero-order valence-electron chi connectivity index (χ0n) is 10.5. The van der Waals surface area contributed by atoms with E-state index in [4.69, 9.17) is 5.73 Å². The van der Waals surface area contributed by atoms with E-state index in [1.54, 1.807) is 10.9 Å². The van der Waals surface area contributed by atoms with E-state index in [1.807, 2.05) is 13.8 Å². The number of carbonyl (C=O) groups is 1. The first-order chi connectivity index (χ1) is 8.05. The topological polar surface area (TPSA) is 60.9 Å². The number of nitrogens with two attached hydrogens (primary N) is 1. The molecule has 0 amide bonds. The van der Waals surface area contributed by atoms with E-state index in [0.29, 0.717) is 6.92 Å². The van der Waals surface area contributed by atoms with Crippen molar-refractivity contribution < 1.29 is 18.0 Å². The van der Waals surface area contributed by atoms with Crippen LogP contribution in [-0.4, -0.2) is 27.3 Å². The first-order valence-electron chi connectivity index (χ1n) is 5.48. The monoisotopic (exact) mass is 263 g/mol. The number of Topliss-reactive ketones (excluding diaryl/α,β-unsaturated/α-hetero) is 1. The Balaban J connectivity index is 2.82. The van der Waals surface area contributed by atoms with Crippen molar-refractivity contribution in [3.63, 3.8) is 0 Å². The van der Waals surface area contributed by atoms with Gasteiger partial charge in [0, 0.05) is 12.2 Å². The number of carbonyl (C=O) groups excluding carboxylic acids is 1. The van der Waals surface area contributed by atoms with Crippen molar-refractivity contribution in [2.24, 2.45) is 5.73 Å². The van der Waals surface area contributed by atoms with E-state index >= 15 is 0 Å². The van der Waals surface area contributed by atoms with Crippen LogP contribution in [0.25, 0.3) is 0 Å². The molecule has 2 N–H and O–H groups in total. The maximum Gasteiger partial charge on any atom is 0.413 e. The van der Waals surface area contributed by atoms with E-state index < -0.39 is 23.9 Å². The van der Waals surface area contributed by atoms with Crippen LogP contribution in [0.2, 0.25) is 0 Å². The second-order valence-corrected chi connectivity index (χ2v) is 4.68. The zero-order chi connectivity index (χ0) is 14.1. The van der Waals surface area contributed by atoms with Gasteiger partial charge in [-0.25, -0.2) is 0 Å². The van der Waals surface area contributed by atoms with Crippen LogP contribution in [0.5, 0.6) is 0 Å². The van der Waals surface area contributed by atoms with Gasteiger partial charge in [-0.2, -0.15) is 18.3 Å². The molecule has 4 nitrogen and oxygen atoms in total. The third-order valence-electron chi connectivity index (χ3n) is 2.70. The van der Waals surface area contributed by atoms with Gasteiger partial charge in [0.05, 0.1) is 12.1 Å². The number of alkyl halides is 3. The Morgan fingerprint density at radius 2 is 2.06 bits per heavy atom. The zero-order valence-corrected chi connectivity index (χ0v) is 10.5. The standard InChI is InChI=1S/C11H16F3N3O/c1-7(2)17-5-4-8(16-17)6-9(18)10(3,15)11(12,13)14/h4-5,7H,6,15H2,1-3H3. The van der Waals surface area contributed by atoms with Crippen LogP contribution < -0.4 is 5.73 Å². The van der Waals surface area contributed by atoms with Crippen LogP contribution in [0.15, 0.2) is 12.3 Å². The third kappa shape index (κ3) is 2.90. The molecule has 1 unspecified atom stereocenters. The summed E-state index contributed by atoms with van der Waals surface area (Å²) in [6.07, 6.45) is -3.56. The number of nitrogens with zero attached hydrogens (tertiary/aromatic N) is 2. The van der Waals surface area contributed by atoms with Crippen molar-refractivity contribution in [1.82, 2.24) is 9.78 Å². The van der Waals surface area contributed by atoms with E-state index in [2.05, 4.69) is 5.10 Å². The lowest BCUT2D eigenvalue weighted by Gasteiger charge is -2.25. The highest BCUT2D eigenvalue weighted by atomic mass is 19.4. The molecule has 0 radical (unpaired) electrons. The summed E-state index contributed by atoms with van der Waals surface area (Å²) in [7, 11) is 0. The number of hydrogen-bond acceptors (Lipinski definition) is 3. The minimum absolute atomic E-state index is 0.0840. The lowest BCUT2D eigenvalue weighted by molar-refractivity contribution is -0.185. The maximum absolute atomic E-state index is 12.5. The molecule has 1 aromatic heterocycles. The summed E-state index contributed by atoms with van der Waals surface area (Å²) in [5.41, 5.74) is 2.49. The molecule has 1 heterocycles. The Morgan fingerprint density at radius 3 is 2.44 bits per heavy atom. The van der Waals surface area contributed by atoms with Gasteiger partial charge in [0.2, 0.25) is 0 Å². The van der Waals surface area contributed by atoms with Gasteiger partial charge in [-0.15, -0.1) is 0 Å². The lowest BCUT2D eigenvalue weighted by atomic mass is 9.94. The van der Waals surface area contributed by atoms with Crippen molar-refractivity contribution in [2.45, 2.75) is 44.9 Å². The normalized spacial score (nSPS) is 15.8. The van der Waals surface area contributed by atoms with Gasteiger partial charge in [-0.3, -0.25) is 9.48 Å². The predicted octanol–water partition coefficient (Wildman–Crippen LogP) is 1.86. The number of aromatic nitrogens is 2.